The molecule has 0 saturated heterocycles. The third kappa shape index (κ3) is 3.32. The Morgan fingerprint density at radius 3 is 1.44 bits per heavy atom. The zero-order valence-corrected chi connectivity index (χ0v) is 7.92. The van der Waals surface area contributed by atoms with Crippen molar-refractivity contribution in [3.63, 3.8) is 0 Å². The molecule has 0 bridgehead atoms. The molecule has 0 amide bonds. The minimum absolute atomic E-state index is 0.0478. The van der Waals surface area contributed by atoms with Crippen LogP contribution >= 0.6 is 23.2 Å². The van der Waals surface area contributed by atoms with E-state index in [0.717, 1.165) is 0 Å². The Hall–Kier alpha value is 0.580. The normalized spacial score (nSPS) is 19.3. The van der Waals surface area contributed by atoms with Crippen molar-refractivity contribution in [2.75, 3.05) is 0 Å². The van der Waals surface area contributed by atoms with Gasteiger partial charge < -0.3 is 0 Å². The monoisotopic (exact) mass is 168 g/mol. The van der Waals surface area contributed by atoms with E-state index in [0.29, 0.717) is 0 Å². The molecule has 0 heterocycles. The van der Waals surface area contributed by atoms with E-state index in [2.05, 4.69) is 20.8 Å². The Labute approximate surface area is 67.5 Å². The third-order valence-electron chi connectivity index (χ3n) is 1.23. The summed E-state index contributed by atoms with van der Waals surface area (Å²) in [6.45, 7) is 8.18. The van der Waals surface area contributed by atoms with Crippen LogP contribution in [0.5, 0.6) is 0 Å². The second kappa shape index (κ2) is 3.12. The fraction of sp³-hybridized carbons (Fsp3) is 1.00. The Kier molecular flexibility index (Phi) is 3.32. The number of rotatable bonds is 1. The minimum atomic E-state index is 0.0478. The molecule has 0 aliphatic carbocycles. The Balaban J connectivity index is 3.88. The predicted molar refractivity (Wildman–Crippen MR) is 44.4 cm³/mol. The Bertz CT molecular complexity index is 81.4. The maximum Gasteiger partial charge on any atom is 0.0545 e. The fourth-order valence-electron chi connectivity index (χ4n) is 0.689. The molecule has 0 aromatic rings. The molecule has 2 atom stereocenters. The van der Waals surface area contributed by atoms with Crippen LogP contribution in [0.2, 0.25) is 0 Å². The van der Waals surface area contributed by atoms with Crippen molar-refractivity contribution in [3.05, 3.63) is 0 Å². The zero-order valence-electron chi connectivity index (χ0n) is 6.41. The quantitative estimate of drug-likeness (QED) is 0.528. The molecule has 0 saturated carbocycles. The molecule has 0 rings (SSSR count). The highest BCUT2D eigenvalue weighted by Crippen LogP contribution is 2.29. The fourth-order valence-corrected chi connectivity index (χ4v) is 1.07. The van der Waals surface area contributed by atoms with Crippen LogP contribution in [0.15, 0.2) is 0 Å². The topological polar surface area (TPSA) is 0 Å². The molecular formula is C7H14Cl2. The van der Waals surface area contributed by atoms with Gasteiger partial charge in [0.1, 0.15) is 0 Å². The molecule has 2 heteroatoms. The molecule has 0 nitrogen and oxygen atoms in total. The zero-order chi connectivity index (χ0) is 7.65. The van der Waals surface area contributed by atoms with Crippen molar-refractivity contribution in [1.29, 1.82) is 0 Å². The van der Waals surface area contributed by atoms with Crippen LogP contribution in [0.25, 0.3) is 0 Å². The van der Waals surface area contributed by atoms with E-state index in [4.69, 9.17) is 23.2 Å². The largest absolute Gasteiger partial charge is 0.122 e. The van der Waals surface area contributed by atoms with Crippen molar-refractivity contribution < 1.29 is 0 Å². The summed E-state index contributed by atoms with van der Waals surface area (Å²) >= 11 is 11.7. The van der Waals surface area contributed by atoms with Gasteiger partial charge in [0.2, 0.25) is 0 Å². The van der Waals surface area contributed by atoms with Gasteiger partial charge in [-0.15, -0.1) is 23.2 Å². The summed E-state index contributed by atoms with van der Waals surface area (Å²) in [5.74, 6) is 0. The van der Waals surface area contributed by atoms with Crippen molar-refractivity contribution in [1.82, 2.24) is 0 Å². The second-order valence-electron chi connectivity index (χ2n) is 3.45. The van der Waals surface area contributed by atoms with Gasteiger partial charge in [-0.05, 0) is 12.3 Å². The molecule has 0 fully saturated rings. The van der Waals surface area contributed by atoms with Crippen LogP contribution in [-0.4, -0.2) is 10.8 Å². The lowest BCUT2D eigenvalue weighted by molar-refractivity contribution is 0.384. The maximum absolute atomic E-state index is 5.96. The van der Waals surface area contributed by atoms with Gasteiger partial charge in [-0.25, -0.2) is 0 Å². The minimum Gasteiger partial charge on any atom is -0.122 e. The summed E-state index contributed by atoms with van der Waals surface area (Å²) in [6, 6.07) is 0. The summed E-state index contributed by atoms with van der Waals surface area (Å²) in [6.07, 6.45) is 0. The predicted octanol–water partition coefficient (Wildman–Crippen LogP) is 3.27. The number of alkyl halides is 2. The molecule has 0 spiro atoms. The highest BCUT2D eigenvalue weighted by Gasteiger charge is 2.25. The molecule has 0 aromatic carbocycles. The number of hydrogen-bond donors (Lipinski definition) is 0. The van der Waals surface area contributed by atoms with Gasteiger partial charge >= 0.3 is 0 Å². The molecular weight excluding hydrogens is 155 g/mol. The lowest BCUT2D eigenvalue weighted by Crippen LogP contribution is -2.27. The summed E-state index contributed by atoms with van der Waals surface area (Å²) in [5.41, 5.74) is 0.114. The molecule has 0 unspecified atom stereocenters. The van der Waals surface area contributed by atoms with Crippen LogP contribution in [0.1, 0.15) is 27.7 Å². The molecule has 0 aromatic heterocycles. The SMILES string of the molecule is C[C@@H](Cl)[C@@H](Cl)C(C)(C)C. The smallest absolute Gasteiger partial charge is 0.0545 e. The van der Waals surface area contributed by atoms with E-state index >= 15 is 0 Å². The first kappa shape index (κ1) is 9.58. The first-order valence-electron chi connectivity index (χ1n) is 3.14. The summed E-state index contributed by atoms with van der Waals surface area (Å²) in [7, 11) is 0. The van der Waals surface area contributed by atoms with Crippen molar-refractivity contribution >= 4 is 23.2 Å². The van der Waals surface area contributed by atoms with Crippen molar-refractivity contribution in [2.45, 2.75) is 38.4 Å². The van der Waals surface area contributed by atoms with Crippen LogP contribution < -0.4 is 0 Å². The van der Waals surface area contributed by atoms with Gasteiger partial charge in [-0.2, -0.15) is 0 Å². The van der Waals surface area contributed by atoms with Gasteiger partial charge in [0.05, 0.1) is 5.38 Å². The third-order valence-corrected chi connectivity index (χ3v) is 2.64. The average molecular weight is 169 g/mol. The van der Waals surface area contributed by atoms with Gasteiger partial charge in [0.15, 0.2) is 0 Å². The summed E-state index contributed by atoms with van der Waals surface area (Å²) < 4.78 is 0. The highest BCUT2D eigenvalue weighted by atomic mass is 35.5. The molecule has 0 N–H and O–H groups in total. The lowest BCUT2D eigenvalue weighted by Gasteiger charge is -2.26. The van der Waals surface area contributed by atoms with Crippen molar-refractivity contribution in [2.24, 2.45) is 5.41 Å². The van der Waals surface area contributed by atoms with E-state index in [9.17, 15) is 0 Å². The molecule has 0 aliphatic heterocycles. The summed E-state index contributed by atoms with van der Waals surface area (Å²) in [5, 5.41) is 0.103. The lowest BCUT2D eigenvalue weighted by atomic mass is 9.90. The molecule has 9 heavy (non-hydrogen) atoms. The van der Waals surface area contributed by atoms with Crippen LogP contribution in [0.4, 0.5) is 0 Å². The van der Waals surface area contributed by atoms with E-state index in [1.807, 2.05) is 6.92 Å². The first-order chi connectivity index (χ1) is 3.85. The first-order valence-corrected chi connectivity index (χ1v) is 4.01. The van der Waals surface area contributed by atoms with Gasteiger partial charge in [0.25, 0.3) is 0 Å². The van der Waals surface area contributed by atoms with E-state index in [-0.39, 0.29) is 16.2 Å². The summed E-state index contributed by atoms with van der Waals surface area (Å²) in [4.78, 5) is 0. The van der Waals surface area contributed by atoms with Crippen molar-refractivity contribution in [3.8, 4) is 0 Å². The van der Waals surface area contributed by atoms with Gasteiger partial charge in [-0.3, -0.25) is 0 Å². The van der Waals surface area contributed by atoms with Crippen LogP contribution in [0.3, 0.4) is 0 Å². The second-order valence-corrected chi connectivity index (χ2v) is 4.60. The standard InChI is InChI=1S/C7H14Cl2/c1-5(8)6(9)7(2,3)4/h5-6H,1-4H3/t5-,6-/m1/s1. The average Bonchev–Trinajstić information content (AvgIpc) is 1.62. The van der Waals surface area contributed by atoms with Gasteiger partial charge in [-0.1, -0.05) is 20.8 Å². The number of hydrogen-bond acceptors (Lipinski definition) is 0. The van der Waals surface area contributed by atoms with Gasteiger partial charge in [0, 0.05) is 5.38 Å². The Morgan fingerprint density at radius 1 is 1.11 bits per heavy atom. The van der Waals surface area contributed by atoms with E-state index in [1.54, 1.807) is 0 Å². The van der Waals surface area contributed by atoms with Crippen LogP contribution in [0, 0.1) is 5.41 Å². The molecule has 56 valence electrons. The Morgan fingerprint density at radius 2 is 1.44 bits per heavy atom. The molecule has 0 radical (unpaired) electrons. The van der Waals surface area contributed by atoms with E-state index < -0.39 is 0 Å². The van der Waals surface area contributed by atoms with Crippen LogP contribution in [-0.2, 0) is 0 Å². The van der Waals surface area contributed by atoms with E-state index in [1.165, 1.54) is 0 Å². The maximum atomic E-state index is 5.96. The molecule has 0 aliphatic rings. The number of halogens is 2. The highest BCUT2D eigenvalue weighted by molar-refractivity contribution is 6.30.